The molecule has 0 bridgehead atoms. The van der Waals surface area contributed by atoms with Crippen LogP contribution in [0.5, 0.6) is 0 Å². The molecule has 1 rings (SSSR count). The van der Waals surface area contributed by atoms with Gasteiger partial charge in [-0.15, -0.1) is 0 Å². The summed E-state index contributed by atoms with van der Waals surface area (Å²) in [7, 11) is -2.57. The van der Waals surface area contributed by atoms with E-state index in [4.69, 9.17) is 0 Å². The van der Waals surface area contributed by atoms with E-state index in [0.717, 1.165) is 0 Å². The molecule has 0 saturated carbocycles. The molecule has 1 aromatic carbocycles. The highest BCUT2D eigenvalue weighted by Crippen LogP contribution is 2.45. The Morgan fingerprint density at radius 3 is 2.00 bits per heavy atom. The predicted octanol–water partition coefficient (Wildman–Crippen LogP) is 2.95. The van der Waals surface area contributed by atoms with Gasteiger partial charge in [-0.25, -0.2) is 8.42 Å². The Labute approximate surface area is 103 Å². The number of benzene rings is 1. The maximum atomic E-state index is 10.8. The first-order chi connectivity index (χ1) is 5.93. The lowest BCUT2D eigenvalue weighted by atomic mass is 10.2. The lowest BCUT2D eigenvalue weighted by molar-refractivity contribution is 0.614. The number of halogens is 3. The summed E-state index contributed by atoms with van der Waals surface area (Å²) in [5, 5.41) is 0. The first-order valence-corrected chi connectivity index (χ1v) is 6.79. The highest BCUT2D eigenvalue weighted by atomic mass is 80.0. The minimum Gasteiger partial charge on any atom is -0.227 e. The predicted molar refractivity (Wildman–Crippen MR) is 63.5 cm³/mol. The smallest absolute Gasteiger partial charge is 0.168 e. The molecule has 1 aromatic rings. The van der Waals surface area contributed by atoms with Crippen molar-refractivity contribution in [3.63, 3.8) is 0 Å². The van der Waals surface area contributed by atoms with Crippen molar-refractivity contribution in [2.75, 3.05) is 0 Å². The van der Waals surface area contributed by atoms with Crippen LogP contribution in [0.25, 0.3) is 0 Å². The summed E-state index contributed by atoms with van der Waals surface area (Å²) < 4.78 is 21.0. The van der Waals surface area contributed by atoms with E-state index in [9.17, 15) is 8.42 Å². The molecule has 0 aliphatic carbocycles. The molecule has 0 saturated heterocycles. The van der Waals surface area contributed by atoms with Gasteiger partial charge in [-0.3, -0.25) is 0 Å². The van der Waals surface area contributed by atoms with Gasteiger partial charge in [0, 0.05) is 5.56 Å². The topological polar surface area (TPSA) is 34.1 Å². The summed E-state index contributed by atoms with van der Waals surface area (Å²) >= 11 is 9.82. The first-order valence-electron chi connectivity index (χ1n) is 3.23. The second-order valence-corrected chi connectivity index (χ2v) is 10.0. The monoisotopic (exact) mass is 390 g/mol. The molecule has 72 valence electrons. The van der Waals surface area contributed by atoms with Crippen LogP contribution in [-0.4, -0.2) is 8.42 Å². The molecule has 0 fully saturated rings. The van der Waals surface area contributed by atoms with Gasteiger partial charge >= 0.3 is 0 Å². The second-order valence-electron chi connectivity index (χ2n) is 2.27. The maximum Gasteiger partial charge on any atom is 0.168 e. The van der Waals surface area contributed by atoms with Gasteiger partial charge in [-0.1, -0.05) is 66.0 Å². The van der Waals surface area contributed by atoms with Gasteiger partial charge in [0.05, 0.1) is 4.90 Å². The zero-order chi connectivity index (χ0) is 10.1. The number of thiol groups is 1. The van der Waals surface area contributed by atoms with Crippen molar-refractivity contribution in [3.8, 4) is 0 Å². The van der Waals surface area contributed by atoms with Gasteiger partial charge in [-0.2, -0.15) is 0 Å². The minimum atomic E-state index is -2.57. The van der Waals surface area contributed by atoms with Gasteiger partial charge in [0.1, 0.15) is 0 Å². The SMILES string of the molecule is O=[SH](=O)c1ccccc1C(Br)(Br)Br. The Kier molecular flexibility index (Phi) is 3.97. The third kappa shape index (κ3) is 3.04. The molecule has 0 N–H and O–H groups in total. The summed E-state index contributed by atoms with van der Waals surface area (Å²) in [4.78, 5) is 0.295. The van der Waals surface area contributed by atoms with Crippen molar-refractivity contribution >= 4 is 58.5 Å². The number of rotatable bonds is 1. The van der Waals surface area contributed by atoms with Crippen LogP contribution < -0.4 is 0 Å². The molecule has 0 aliphatic heterocycles. The Balaban J connectivity index is 3.37. The highest BCUT2D eigenvalue weighted by molar-refractivity contribution is 9.38. The van der Waals surface area contributed by atoms with Crippen molar-refractivity contribution in [1.82, 2.24) is 0 Å². The molecule has 0 heterocycles. The molecule has 2 nitrogen and oxygen atoms in total. The lowest BCUT2D eigenvalue weighted by Crippen LogP contribution is -2.01. The fraction of sp³-hybridized carbons (Fsp3) is 0.143. The van der Waals surface area contributed by atoms with E-state index in [1.54, 1.807) is 24.3 Å². The molecule has 0 amide bonds. The van der Waals surface area contributed by atoms with Crippen molar-refractivity contribution in [3.05, 3.63) is 29.8 Å². The van der Waals surface area contributed by atoms with Crippen molar-refractivity contribution < 1.29 is 8.42 Å². The summed E-state index contributed by atoms with van der Waals surface area (Å²) in [5.74, 6) is 0. The standard InChI is InChI=1S/C7H5Br3O2S/c8-7(9,10)5-3-1-2-4-6(5)13(11)12/h1-4,13H. The van der Waals surface area contributed by atoms with Gasteiger partial charge in [0.15, 0.2) is 12.8 Å². The molecule has 0 unspecified atom stereocenters. The average Bonchev–Trinajstić information content (AvgIpc) is 2.03. The van der Waals surface area contributed by atoms with Gasteiger partial charge < -0.3 is 0 Å². The van der Waals surface area contributed by atoms with Gasteiger partial charge in [-0.05, 0) is 6.07 Å². The van der Waals surface area contributed by atoms with Crippen LogP contribution >= 0.6 is 47.8 Å². The molecule has 0 radical (unpaired) electrons. The van der Waals surface area contributed by atoms with E-state index in [0.29, 0.717) is 10.5 Å². The zero-order valence-electron chi connectivity index (χ0n) is 6.21. The van der Waals surface area contributed by atoms with Crippen LogP contribution in [0.4, 0.5) is 0 Å². The maximum absolute atomic E-state index is 10.8. The van der Waals surface area contributed by atoms with Crippen molar-refractivity contribution in [1.29, 1.82) is 0 Å². The van der Waals surface area contributed by atoms with E-state index < -0.39 is 12.8 Å². The highest BCUT2D eigenvalue weighted by Gasteiger charge is 2.24. The average molecular weight is 393 g/mol. The molecular formula is C7H5Br3O2S. The largest absolute Gasteiger partial charge is 0.227 e. The summed E-state index contributed by atoms with van der Waals surface area (Å²) in [6.45, 7) is 0. The van der Waals surface area contributed by atoms with Crippen molar-refractivity contribution in [2.45, 2.75) is 7.04 Å². The van der Waals surface area contributed by atoms with E-state index >= 15 is 0 Å². The lowest BCUT2D eigenvalue weighted by Gasteiger charge is -2.13. The quantitative estimate of drug-likeness (QED) is 0.589. The number of alkyl halides is 3. The van der Waals surface area contributed by atoms with Crippen LogP contribution in [0.2, 0.25) is 0 Å². The fourth-order valence-corrected chi connectivity index (χ4v) is 3.02. The molecule has 0 aliphatic rings. The molecular weight excluding hydrogens is 388 g/mol. The Morgan fingerprint density at radius 2 is 1.62 bits per heavy atom. The number of hydrogen-bond donors (Lipinski definition) is 1. The summed E-state index contributed by atoms with van der Waals surface area (Å²) in [5.41, 5.74) is 0.631. The Hall–Kier alpha value is 0.610. The van der Waals surface area contributed by atoms with Crippen LogP contribution in [0.1, 0.15) is 5.56 Å². The summed E-state index contributed by atoms with van der Waals surface area (Å²) in [6, 6.07) is 6.73. The van der Waals surface area contributed by atoms with Crippen LogP contribution in [-0.2, 0) is 12.8 Å². The normalized spacial score (nSPS) is 12.0. The first kappa shape index (κ1) is 11.7. The Morgan fingerprint density at radius 1 is 1.08 bits per heavy atom. The van der Waals surface area contributed by atoms with Gasteiger partial charge in [0.2, 0.25) is 0 Å². The van der Waals surface area contributed by atoms with Gasteiger partial charge in [0.25, 0.3) is 0 Å². The van der Waals surface area contributed by atoms with Crippen LogP contribution in [0, 0.1) is 0 Å². The van der Waals surface area contributed by atoms with E-state index in [2.05, 4.69) is 47.8 Å². The molecule has 0 spiro atoms. The molecule has 0 aromatic heterocycles. The molecule has 6 heteroatoms. The fourth-order valence-electron chi connectivity index (χ4n) is 0.873. The number of hydrogen-bond acceptors (Lipinski definition) is 2. The van der Waals surface area contributed by atoms with Crippen LogP contribution in [0.3, 0.4) is 0 Å². The second kappa shape index (κ2) is 4.42. The third-order valence-corrected chi connectivity index (χ3v) is 3.47. The van der Waals surface area contributed by atoms with E-state index in [1.165, 1.54) is 0 Å². The zero-order valence-corrected chi connectivity index (χ0v) is 11.9. The molecule has 13 heavy (non-hydrogen) atoms. The Bertz CT molecular complexity index is 374. The minimum absolute atomic E-state index is 0.295. The van der Waals surface area contributed by atoms with Crippen LogP contribution in [0.15, 0.2) is 29.2 Å². The van der Waals surface area contributed by atoms with E-state index in [-0.39, 0.29) is 0 Å². The van der Waals surface area contributed by atoms with E-state index in [1.807, 2.05) is 0 Å². The molecule has 0 atom stereocenters. The summed E-state index contributed by atoms with van der Waals surface area (Å²) in [6.07, 6.45) is 0. The van der Waals surface area contributed by atoms with Crippen molar-refractivity contribution in [2.24, 2.45) is 0 Å². The third-order valence-electron chi connectivity index (χ3n) is 1.41.